The lowest BCUT2D eigenvalue weighted by Gasteiger charge is -2.13. The molecule has 0 radical (unpaired) electrons. The van der Waals surface area contributed by atoms with Crippen LogP contribution < -0.4 is 5.32 Å². The number of benzene rings is 2. The molecule has 8 heteroatoms. The molecule has 1 aliphatic heterocycles. The van der Waals surface area contributed by atoms with Crippen LogP contribution >= 0.6 is 35.0 Å². The summed E-state index contributed by atoms with van der Waals surface area (Å²) in [6.07, 6.45) is 0.0667. The van der Waals surface area contributed by atoms with Crippen LogP contribution in [0.25, 0.3) is 0 Å². The summed E-state index contributed by atoms with van der Waals surface area (Å²) in [6.45, 7) is 2.32. The molecule has 0 aliphatic carbocycles. The van der Waals surface area contributed by atoms with Crippen LogP contribution in [0.4, 0.5) is 11.4 Å². The van der Waals surface area contributed by atoms with E-state index in [-0.39, 0.29) is 18.2 Å². The third-order valence-corrected chi connectivity index (χ3v) is 5.90. The molecule has 1 atom stereocenters. The van der Waals surface area contributed by atoms with Gasteiger partial charge in [0.2, 0.25) is 11.8 Å². The summed E-state index contributed by atoms with van der Waals surface area (Å²) in [7, 11) is 0. The molecule has 0 saturated carbocycles. The molecule has 1 aliphatic rings. The van der Waals surface area contributed by atoms with Gasteiger partial charge in [-0.25, -0.2) is 4.99 Å². The lowest BCUT2D eigenvalue weighted by atomic mass is 10.2. The molecule has 1 saturated heterocycles. The normalized spacial score (nSPS) is 18.2. The van der Waals surface area contributed by atoms with Crippen molar-refractivity contribution in [3.63, 3.8) is 0 Å². The Balaban J connectivity index is 1.75. The first-order valence-corrected chi connectivity index (χ1v) is 9.98. The van der Waals surface area contributed by atoms with E-state index in [0.717, 1.165) is 0 Å². The smallest absolute Gasteiger partial charge is 0.242 e. The Hall–Kier alpha value is -2.02. The minimum Gasteiger partial charge on any atom is -0.326 e. The zero-order valence-corrected chi connectivity index (χ0v) is 16.8. The lowest BCUT2D eigenvalue weighted by molar-refractivity contribution is -0.128. The fourth-order valence-corrected chi connectivity index (χ4v) is 4.15. The monoisotopic (exact) mass is 421 g/mol. The molecule has 140 valence electrons. The van der Waals surface area contributed by atoms with Gasteiger partial charge in [0.1, 0.15) is 5.25 Å². The minimum absolute atomic E-state index is 0.0667. The first-order valence-electron chi connectivity index (χ1n) is 8.35. The summed E-state index contributed by atoms with van der Waals surface area (Å²) in [5.41, 5.74) is 1.19. The van der Waals surface area contributed by atoms with Crippen LogP contribution in [-0.2, 0) is 9.59 Å². The van der Waals surface area contributed by atoms with Crippen molar-refractivity contribution in [1.82, 2.24) is 4.90 Å². The molecule has 2 amide bonds. The molecule has 2 aromatic rings. The highest BCUT2D eigenvalue weighted by Gasteiger charge is 2.38. The number of rotatable bonds is 5. The third-order valence-electron chi connectivity index (χ3n) is 3.91. The molecular weight excluding hydrogens is 405 g/mol. The second-order valence-corrected chi connectivity index (χ2v) is 7.73. The van der Waals surface area contributed by atoms with E-state index in [2.05, 4.69) is 10.3 Å². The molecule has 0 bridgehead atoms. The van der Waals surface area contributed by atoms with Crippen molar-refractivity contribution in [2.24, 2.45) is 4.99 Å². The van der Waals surface area contributed by atoms with Crippen LogP contribution in [0.3, 0.4) is 0 Å². The summed E-state index contributed by atoms with van der Waals surface area (Å²) in [6, 6.07) is 14.3. The molecule has 1 N–H and O–H groups in total. The topological polar surface area (TPSA) is 61.8 Å². The second-order valence-electron chi connectivity index (χ2n) is 5.77. The first kappa shape index (κ1) is 19.7. The number of carbonyl (C=O) groups is 2. The van der Waals surface area contributed by atoms with Crippen molar-refractivity contribution >= 4 is 63.3 Å². The molecule has 0 spiro atoms. The number of carbonyl (C=O) groups excluding carboxylic acids is 2. The number of nitrogens with one attached hydrogen (secondary N) is 1. The standard InChI is InChI=1S/C19H17Cl2N3O2S/c1-2-24-18(26)15(11-16(25)22-12-7-4-3-5-8-12)27-19(24)23-14-10-6-9-13(20)17(14)21/h3-10,15H,2,11H2,1H3,(H,22,25). The van der Waals surface area contributed by atoms with Crippen molar-refractivity contribution < 1.29 is 9.59 Å². The predicted octanol–water partition coefficient (Wildman–Crippen LogP) is 4.97. The number of anilines is 1. The predicted molar refractivity (Wildman–Crippen MR) is 112 cm³/mol. The highest BCUT2D eigenvalue weighted by Crippen LogP contribution is 2.36. The first-order chi connectivity index (χ1) is 13.0. The highest BCUT2D eigenvalue weighted by molar-refractivity contribution is 8.15. The van der Waals surface area contributed by atoms with Gasteiger partial charge in [0.25, 0.3) is 0 Å². The number of amides is 2. The lowest BCUT2D eigenvalue weighted by Crippen LogP contribution is -2.33. The summed E-state index contributed by atoms with van der Waals surface area (Å²) in [5, 5.41) is 3.53. The molecule has 27 heavy (non-hydrogen) atoms. The zero-order chi connectivity index (χ0) is 19.4. The maximum absolute atomic E-state index is 12.7. The molecule has 1 unspecified atom stereocenters. The summed E-state index contributed by atoms with van der Waals surface area (Å²) < 4.78 is 0. The van der Waals surface area contributed by atoms with E-state index < -0.39 is 5.25 Å². The minimum atomic E-state index is -0.523. The van der Waals surface area contributed by atoms with Gasteiger partial charge in [-0.3, -0.25) is 14.5 Å². The Bertz CT molecular complexity index is 890. The Kier molecular flexibility index (Phi) is 6.42. The number of thioether (sulfide) groups is 1. The Labute approximate surface area is 171 Å². The quantitative estimate of drug-likeness (QED) is 0.740. The largest absolute Gasteiger partial charge is 0.326 e. The third kappa shape index (κ3) is 4.64. The van der Waals surface area contributed by atoms with Crippen LogP contribution in [0.1, 0.15) is 13.3 Å². The van der Waals surface area contributed by atoms with E-state index in [4.69, 9.17) is 23.2 Å². The molecule has 2 aromatic carbocycles. The van der Waals surface area contributed by atoms with Gasteiger partial charge in [0.15, 0.2) is 5.17 Å². The van der Waals surface area contributed by atoms with Crippen molar-refractivity contribution in [1.29, 1.82) is 0 Å². The van der Waals surface area contributed by atoms with Crippen LogP contribution in [0.15, 0.2) is 53.5 Å². The van der Waals surface area contributed by atoms with Crippen molar-refractivity contribution in [3.8, 4) is 0 Å². The van der Waals surface area contributed by atoms with Crippen LogP contribution in [0.5, 0.6) is 0 Å². The van der Waals surface area contributed by atoms with E-state index in [1.807, 2.05) is 25.1 Å². The van der Waals surface area contributed by atoms with Gasteiger partial charge in [-0.1, -0.05) is 59.2 Å². The molecule has 1 heterocycles. The van der Waals surface area contributed by atoms with E-state index in [0.29, 0.717) is 33.1 Å². The number of para-hydroxylation sites is 1. The number of hydrogen-bond donors (Lipinski definition) is 1. The van der Waals surface area contributed by atoms with Gasteiger partial charge in [-0.15, -0.1) is 0 Å². The number of nitrogens with zero attached hydrogens (tertiary/aromatic N) is 2. The fraction of sp³-hybridized carbons (Fsp3) is 0.211. The number of halogens is 2. The maximum Gasteiger partial charge on any atom is 0.242 e. The SMILES string of the molecule is CCN1C(=O)C(CC(=O)Nc2ccccc2)SC1=Nc1cccc(Cl)c1Cl. The van der Waals surface area contributed by atoms with Crippen molar-refractivity contribution in [2.45, 2.75) is 18.6 Å². The maximum atomic E-state index is 12.7. The summed E-state index contributed by atoms with van der Waals surface area (Å²) in [5.74, 6) is -0.354. The summed E-state index contributed by atoms with van der Waals surface area (Å²) in [4.78, 5) is 31.0. The van der Waals surface area contributed by atoms with Crippen LogP contribution in [0, 0.1) is 0 Å². The average Bonchev–Trinajstić information content (AvgIpc) is 2.94. The average molecular weight is 422 g/mol. The van der Waals surface area contributed by atoms with Crippen molar-refractivity contribution in [3.05, 3.63) is 58.6 Å². The van der Waals surface area contributed by atoms with Crippen LogP contribution in [0.2, 0.25) is 10.0 Å². The zero-order valence-electron chi connectivity index (χ0n) is 14.5. The van der Waals surface area contributed by atoms with Crippen LogP contribution in [-0.4, -0.2) is 33.7 Å². The van der Waals surface area contributed by atoms with Gasteiger partial charge >= 0.3 is 0 Å². The molecule has 5 nitrogen and oxygen atoms in total. The molecular formula is C19H17Cl2N3O2S. The summed E-state index contributed by atoms with van der Waals surface area (Å²) >= 11 is 13.5. The van der Waals surface area contributed by atoms with E-state index in [1.54, 1.807) is 35.2 Å². The Morgan fingerprint density at radius 2 is 1.93 bits per heavy atom. The van der Waals surface area contributed by atoms with Gasteiger partial charge in [-0.05, 0) is 31.2 Å². The fourth-order valence-electron chi connectivity index (χ4n) is 2.60. The highest BCUT2D eigenvalue weighted by atomic mass is 35.5. The second kappa shape index (κ2) is 8.78. The Morgan fingerprint density at radius 1 is 1.19 bits per heavy atom. The molecule has 3 rings (SSSR count). The number of aliphatic imine (C=N–C) groups is 1. The van der Waals surface area contributed by atoms with Gasteiger partial charge in [0, 0.05) is 18.7 Å². The van der Waals surface area contributed by atoms with E-state index >= 15 is 0 Å². The Morgan fingerprint density at radius 3 is 2.63 bits per heavy atom. The molecule has 1 fully saturated rings. The van der Waals surface area contributed by atoms with E-state index in [1.165, 1.54) is 11.8 Å². The number of amidine groups is 1. The van der Waals surface area contributed by atoms with Gasteiger partial charge in [0.05, 0.1) is 15.7 Å². The molecule has 0 aromatic heterocycles. The van der Waals surface area contributed by atoms with Crippen molar-refractivity contribution in [2.75, 3.05) is 11.9 Å². The van der Waals surface area contributed by atoms with E-state index in [9.17, 15) is 9.59 Å². The number of hydrogen-bond acceptors (Lipinski definition) is 4. The van der Waals surface area contributed by atoms with Gasteiger partial charge < -0.3 is 5.32 Å². The van der Waals surface area contributed by atoms with Gasteiger partial charge in [-0.2, -0.15) is 0 Å².